The number of carbonyl (C=O) groups excluding carboxylic acids is 3. The van der Waals surface area contributed by atoms with Gasteiger partial charge in [-0.05, 0) is 63.1 Å². The normalized spacial score (nSPS) is 28.2. The molecule has 2 amide bonds. The molecule has 4 aliphatic rings. The molecule has 4 heterocycles. The van der Waals surface area contributed by atoms with Crippen molar-refractivity contribution in [3.63, 3.8) is 0 Å². The number of benzene rings is 1. The fraction of sp³-hybridized carbons (Fsp3) is 0.607. The number of esters is 1. The van der Waals surface area contributed by atoms with Crippen LogP contribution in [0.5, 0.6) is 0 Å². The van der Waals surface area contributed by atoms with Crippen molar-refractivity contribution >= 4 is 44.6 Å². The van der Waals surface area contributed by atoms with E-state index in [0.717, 1.165) is 33.8 Å². The van der Waals surface area contributed by atoms with E-state index < -0.39 is 17.1 Å². The van der Waals surface area contributed by atoms with Gasteiger partial charge in [-0.15, -0.1) is 0 Å². The van der Waals surface area contributed by atoms with Gasteiger partial charge in [-0.3, -0.25) is 14.4 Å². The quantitative estimate of drug-likeness (QED) is 0.565. The lowest BCUT2D eigenvalue weighted by molar-refractivity contribution is -0.168. The molecule has 3 atom stereocenters. The number of halogens is 1. The average Bonchev–Trinajstić information content (AvgIpc) is 3.18. The van der Waals surface area contributed by atoms with Gasteiger partial charge in [-0.1, -0.05) is 22.0 Å². The largest absolute Gasteiger partial charge is 0.459 e. The van der Waals surface area contributed by atoms with Crippen LogP contribution in [0.4, 0.5) is 0 Å². The van der Waals surface area contributed by atoms with E-state index in [-0.39, 0.29) is 48.7 Å². The molecule has 0 radical (unpaired) electrons. The molecule has 1 saturated carbocycles. The number of H-pyrrole nitrogens is 1. The van der Waals surface area contributed by atoms with Gasteiger partial charge >= 0.3 is 5.97 Å². The van der Waals surface area contributed by atoms with Gasteiger partial charge in [-0.2, -0.15) is 0 Å². The lowest BCUT2D eigenvalue weighted by atomic mass is 9.81. The number of amides is 2. The standard InChI is InChI=1S/C28H34BrN3O5/c1-26(2,3)37-25(35)28-15-31(12-18(28)13-36-16-28)24(34)21-10-27(7-8-27)14-32(21)22(33)9-17-11-30-20-6-4-5-19(29)23(17)20/h4-6,11,18,21,30H,7-10,12-16H2,1-3H3/t18-,21+,28+/m0/s1. The maximum atomic E-state index is 14.0. The van der Waals surface area contributed by atoms with Crippen molar-refractivity contribution < 1.29 is 23.9 Å². The van der Waals surface area contributed by atoms with Crippen LogP contribution in [-0.4, -0.2) is 77.1 Å². The van der Waals surface area contributed by atoms with E-state index in [1.165, 1.54) is 0 Å². The fourth-order valence-corrected chi connectivity index (χ4v) is 7.09. The van der Waals surface area contributed by atoms with Gasteiger partial charge in [0.25, 0.3) is 0 Å². The molecule has 3 saturated heterocycles. The minimum absolute atomic E-state index is 0.0247. The first-order valence-electron chi connectivity index (χ1n) is 13.1. The van der Waals surface area contributed by atoms with E-state index >= 15 is 0 Å². The van der Waals surface area contributed by atoms with Crippen LogP contribution in [0.2, 0.25) is 0 Å². The van der Waals surface area contributed by atoms with Gasteiger partial charge in [0.05, 0.1) is 19.6 Å². The number of ether oxygens (including phenoxy) is 2. The van der Waals surface area contributed by atoms with Crippen molar-refractivity contribution in [2.45, 2.75) is 58.1 Å². The van der Waals surface area contributed by atoms with E-state index in [2.05, 4.69) is 20.9 Å². The molecule has 8 nitrogen and oxygen atoms in total. The molecule has 4 fully saturated rings. The number of carbonyl (C=O) groups is 3. The summed E-state index contributed by atoms with van der Waals surface area (Å²) in [4.78, 5) is 47.7. The van der Waals surface area contributed by atoms with Crippen LogP contribution in [0, 0.1) is 16.7 Å². The maximum absolute atomic E-state index is 14.0. The van der Waals surface area contributed by atoms with Crippen molar-refractivity contribution in [2.24, 2.45) is 16.7 Å². The van der Waals surface area contributed by atoms with Gasteiger partial charge in [0, 0.05) is 47.1 Å². The molecular weight excluding hydrogens is 538 g/mol. The molecule has 0 unspecified atom stereocenters. The Hall–Kier alpha value is -2.39. The molecule has 1 aromatic carbocycles. The highest BCUT2D eigenvalue weighted by Crippen LogP contribution is 2.55. The first kappa shape index (κ1) is 24.9. The number of hydrogen-bond donors (Lipinski definition) is 1. The Morgan fingerprint density at radius 3 is 2.73 bits per heavy atom. The van der Waals surface area contributed by atoms with Gasteiger partial charge < -0.3 is 24.3 Å². The average molecular weight is 573 g/mol. The summed E-state index contributed by atoms with van der Waals surface area (Å²) in [6.45, 7) is 7.64. The molecule has 37 heavy (non-hydrogen) atoms. The summed E-state index contributed by atoms with van der Waals surface area (Å²) < 4.78 is 12.4. The number of nitrogens with one attached hydrogen (secondary N) is 1. The molecule has 1 aliphatic carbocycles. The molecule has 6 rings (SSSR count). The number of aromatic amines is 1. The highest BCUT2D eigenvalue weighted by atomic mass is 79.9. The van der Waals surface area contributed by atoms with Gasteiger partial charge in [0.15, 0.2) is 0 Å². The predicted molar refractivity (Wildman–Crippen MR) is 141 cm³/mol. The molecular formula is C28H34BrN3O5. The summed E-state index contributed by atoms with van der Waals surface area (Å²) in [6, 6.07) is 5.43. The second-order valence-corrected chi connectivity index (χ2v) is 13.3. The number of nitrogens with zero attached hydrogens (tertiary/aromatic N) is 2. The molecule has 1 N–H and O–H groups in total. The fourth-order valence-electron chi connectivity index (χ4n) is 6.47. The highest BCUT2D eigenvalue weighted by molar-refractivity contribution is 9.10. The summed E-state index contributed by atoms with van der Waals surface area (Å²) in [5.74, 6) is -0.450. The number of aromatic nitrogens is 1. The van der Waals surface area contributed by atoms with Crippen LogP contribution in [-0.2, 0) is 30.3 Å². The minimum Gasteiger partial charge on any atom is -0.459 e. The first-order valence-corrected chi connectivity index (χ1v) is 13.9. The van der Waals surface area contributed by atoms with Crippen molar-refractivity contribution in [3.05, 3.63) is 34.4 Å². The Labute approximate surface area is 225 Å². The molecule has 2 aromatic rings. The highest BCUT2D eigenvalue weighted by Gasteiger charge is 2.61. The number of fused-ring (bicyclic) bond motifs is 2. The van der Waals surface area contributed by atoms with Crippen LogP contribution >= 0.6 is 15.9 Å². The van der Waals surface area contributed by atoms with E-state index in [1.54, 1.807) is 4.90 Å². The van der Waals surface area contributed by atoms with Gasteiger partial charge in [0.1, 0.15) is 17.1 Å². The molecule has 1 aromatic heterocycles. The van der Waals surface area contributed by atoms with E-state index in [4.69, 9.17) is 9.47 Å². The number of hydrogen-bond acceptors (Lipinski definition) is 5. The Morgan fingerprint density at radius 2 is 2.00 bits per heavy atom. The van der Waals surface area contributed by atoms with Crippen LogP contribution < -0.4 is 0 Å². The van der Waals surface area contributed by atoms with Crippen molar-refractivity contribution in [1.82, 2.24) is 14.8 Å². The van der Waals surface area contributed by atoms with E-state index in [0.29, 0.717) is 26.1 Å². The molecule has 9 heteroatoms. The monoisotopic (exact) mass is 571 g/mol. The van der Waals surface area contributed by atoms with Gasteiger partial charge in [0.2, 0.25) is 11.8 Å². The summed E-state index contributed by atoms with van der Waals surface area (Å²) >= 11 is 3.61. The molecule has 0 bridgehead atoms. The first-order chi connectivity index (χ1) is 17.5. The van der Waals surface area contributed by atoms with Gasteiger partial charge in [-0.25, -0.2) is 0 Å². The van der Waals surface area contributed by atoms with E-state index in [1.807, 2.05) is 50.1 Å². The Balaban J connectivity index is 1.22. The lowest BCUT2D eigenvalue weighted by Crippen LogP contribution is -2.49. The van der Waals surface area contributed by atoms with Crippen LogP contribution in [0.1, 0.15) is 45.6 Å². The molecule has 3 aliphatic heterocycles. The van der Waals surface area contributed by atoms with Crippen LogP contribution in [0.3, 0.4) is 0 Å². The van der Waals surface area contributed by atoms with Crippen molar-refractivity contribution in [2.75, 3.05) is 32.8 Å². The Kier molecular flexibility index (Phi) is 5.77. The summed E-state index contributed by atoms with van der Waals surface area (Å²) in [7, 11) is 0. The minimum atomic E-state index is -0.829. The topological polar surface area (TPSA) is 91.9 Å². The zero-order chi connectivity index (χ0) is 26.2. The van der Waals surface area contributed by atoms with E-state index in [9.17, 15) is 14.4 Å². The third-order valence-corrected chi connectivity index (χ3v) is 9.30. The number of rotatable bonds is 4. The van der Waals surface area contributed by atoms with Crippen LogP contribution in [0.15, 0.2) is 28.9 Å². The third kappa shape index (κ3) is 4.28. The number of likely N-dealkylation sites (tertiary alicyclic amines) is 2. The zero-order valence-electron chi connectivity index (χ0n) is 21.6. The summed E-state index contributed by atoms with van der Waals surface area (Å²) in [6.07, 6.45) is 4.93. The predicted octanol–water partition coefficient (Wildman–Crippen LogP) is 3.67. The Bertz CT molecular complexity index is 1280. The van der Waals surface area contributed by atoms with Crippen LogP contribution in [0.25, 0.3) is 10.9 Å². The maximum Gasteiger partial charge on any atom is 0.317 e. The second kappa shape index (κ2) is 8.56. The zero-order valence-corrected chi connectivity index (χ0v) is 23.2. The van der Waals surface area contributed by atoms with Crippen molar-refractivity contribution in [3.8, 4) is 0 Å². The lowest BCUT2D eigenvalue weighted by Gasteiger charge is -2.31. The smallest absolute Gasteiger partial charge is 0.317 e. The summed E-state index contributed by atoms with van der Waals surface area (Å²) in [5.41, 5.74) is 0.527. The SMILES string of the molecule is CC(C)(C)OC(=O)[C@]12COC[C@@H]1CN(C(=O)[C@H]1CC3(CC3)CN1C(=O)Cc1c[nH]c3cccc(Br)c13)C2. The second-order valence-electron chi connectivity index (χ2n) is 12.5. The third-order valence-electron chi connectivity index (χ3n) is 8.64. The summed E-state index contributed by atoms with van der Waals surface area (Å²) in [5, 5.41) is 1.01. The molecule has 198 valence electrons. The Morgan fingerprint density at radius 1 is 1.22 bits per heavy atom. The molecule has 1 spiro atoms. The van der Waals surface area contributed by atoms with Crippen molar-refractivity contribution in [1.29, 1.82) is 0 Å².